The Bertz CT molecular complexity index is 1550. The Morgan fingerprint density at radius 3 is 2.43 bits per heavy atom. The topological polar surface area (TPSA) is 139 Å². The predicted octanol–water partition coefficient (Wildman–Crippen LogP) is 3.90. The summed E-state index contributed by atoms with van der Waals surface area (Å²) < 4.78 is 23.3. The number of nitrogen functional groups attached to an aromatic ring is 1. The van der Waals surface area contributed by atoms with Crippen molar-refractivity contribution < 1.29 is 13.2 Å². The molecule has 0 unspecified atom stereocenters. The smallest absolute Gasteiger partial charge is 0.251 e. The first-order chi connectivity index (χ1) is 17.7. The Labute approximate surface area is 215 Å². The molecule has 4 aromatic rings. The molecule has 0 fully saturated rings. The summed E-state index contributed by atoms with van der Waals surface area (Å²) >= 11 is 0. The van der Waals surface area contributed by atoms with Crippen LogP contribution in [0.15, 0.2) is 95.1 Å². The highest BCUT2D eigenvalue weighted by Gasteiger charge is 2.12. The van der Waals surface area contributed by atoms with Crippen LogP contribution in [0, 0.1) is 0 Å². The molecule has 37 heavy (non-hydrogen) atoms. The summed E-state index contributed by atoms with van der Waals surface area (Å²) in [5, 5.41) is 7.24. The SMILES string of the molecule is C/C(=N\Nc1ccc(S(C)(=O)=O)cc1)c1nc(-c2cccc(C(=O)NCc3ccccc3)c2)cnc1N. The van der Waals surface area contributed by atoms with Crippen LogP contribution in [0.3, 0.4) is 0 Å². The number of carbonyl (C=O) groups is 1. The average Bonchev–Trinajstić information content (AvgIpc) is 2.91. The Hall–Kier alpha value is -4.57. The number of hydrogen-bond donors (Lipinski definition) is 3. The van der Waals surface area contributed by atoms with Gasteiger partial charge in [0.15, 0.2) is 15.7 Å². The molecular formula is C27H26N6O3S. The van der Waals surface area contributed by atoms with Crippen molar-refractivity contribution in [2.45, 2.75) is 18.4 Å². The van der Waals surface area contributed by atoms with Gasteiger partial charge in [-0.05, 0) is 48.9 Å². The lowest BCUT2D eigenvalue weighted by molar-refractivity contribution is 0.0951. The third kappa shape index (κ3) is 6.56. The summed E-state index contributed by atoms with van der Waals surface area (Å²) in [6.07, 6.45) is 2.70. The van der Waals surface area contributed by atoms with Crippen molar-refractivity contribution in [2.75, 3.05) is 17.4 Å². The zero-order valence-electron chi connectivity index (χ0n) is 20.3. The number of aromatic nitrogens is 2. The van der Waals surface area contributed by atoms with Gasteiger partial charge in [-0.15, -0.1) is 0 Å². The Balaban J connectivity index is 1.51. The molecule has 188 valence electrons. The molecule has 4 rings (SSSR count). The number of nitrogens with zero attached hydrogens (tertiary/aromatic N) is 3. The van der Waals surface area contributed by atoms with Crippen LogP contribution in [-0.4, -0.2) is 36.3 Å². The molecule has 3 aromatic carbocycles. The van der Waals surface area contributed by atoms with Crippen LogP contribution < -0.4 is 16.5 Å². The molecule has 9 nitrogen and oxygen atoms in total. The molecule has 1 aromatic heterocycles. The van der Waals surface area contributed by atoms with Gasteiger partial charge in [-0.1, -0.05) is 42.5 Å². The van der Waals surface area contributed by atoms with Crippen LogP contribution >= 0.6 is 0 Å². The monoisotopic (exact) mass is 514 g/mol. The van der Waals surface area contributed by atoms with Gasteiger partial charge in [0, 0.05) is 23.9 Å². The molecule has 1 heterocycles. The van der Waals surface area contributed by atoms with E-state index in [0.717, 1.165) is 11.8 Å². The molecule has 1 amide bonds. The number of amides is 1. The fourth-order valence-corrected chi connectivity index (χ4v) is 4.11. The van der Waals surface area contributed by atoms with Crippen molar-refractivity contribution >= 4 is 33.0 Å². The molecule has 0 atom stereocenters. The lowest BCUT2D eigenvalue weighted by atomic mass is 10.1. The molecule has 0 saturated heterocycles. The number of carbonyl (C=O) groups excluding carboxylic acids is 1. The van der Waals surface area contributed by atoms with E-state index < -0.39 is 9.84 Å². The molecular weight excluding hydrogens is 488 g/mol. The Morgan fingerprint density at radius 2 is 1.73 bits per heavy atom. The van der Waals surface area contributed by atoms with Gasteiger partial charge in [-0.2, -0.15) is 5.10 Å². The molecule has 0 spiro atoms. The third-order valence-corrected chi connectivity index (χ3v) is 6.62. The fraction of sp³-hybridized carbons (Fsp3) is 0.111. The fourth-order valence-electron chi connectivity index (χ4n) is 3.48. The number of anilines is 2. The molecule has 0 saturated carbocycles. The number of hydrazone groups is 1. The van der Waals surface area contributed by atoms with E-state index >= 15 is 0 Å². The van der Waals surface area contributed by atoms with E-state index in [1.807, 2.05) is 36.4 Å². The zero-order chi connectivity index (χ0) is 26.4. The van der Waals surface area contributed by atoms with Crippen molar-refractivity contribution in [3.63, 3.8) is 0 Å². The first-order valence-electron chi connectivity index (χ1n) is 11.4. The van der Waals surface area contributed by atoms with Gasteiger partial charge < -0.3 is 11.1 Å². The van der Waals surface area contributed by atoms with Crippen molar-refractivity contribution in [1.82, 2.24) is 15.3 Å². The summed E-state index contributed by atoms with van der Waals surface area (Å²) in [5.74, 6) is 0.00847. The van der Waals surface area contributed by atoms with Gasteiger partial charge in [0.1, 0.15) is 5.69 Å². The van der Waals surface area contributed by atoms with Crippen LogP contribution in [0.4, 0.5) is 11.5 Å². The van der Waals surface area contributed by atoms with Crippen LogP contribution in [-0.2, 0) is 16.4 Å². The number of benzene rings is 3. The minimum Gasteiger partial charge on any atom is -0.382 e. The van der Waals surface area contributed by atoms with Gasteiger partial charge in [-0.3, -0.25) is 10.2 Å². The molecule has 0 radical (unpaired) electrons. The van der Waals surface area contributed by atoms with Crippen LogP contribution in [0.1, 0.15) is 28.5 Å². The lowest BCUT2D eigenvalue weighted by Gasteiger charge is -2.10. The van der Waals surface area contributed by atoms with Crippen molar-refractivity contribution in [1.29, 1.82) is 0 Å². The normalized spacial score (nSPS) is 11.7. The number of nitrogens with two attached hydrogens (primary N) is 1. The number of nitrogens with one attached hydrogen (secondary N) is 2. The second-order valence-electron chi connectivity index (χ2n) is 8.34. The van der Waals surface area contributed by atoms with E-state index in [9.17, 15) is 13.2 Å². The van der Waals surface area contributed by atoms with Crippen molar-refractivity contribution in [3.05, 3.63) is 102 Å². The van der Waals surface area contributed by atoms with E-state index in [1.54, 1.807) is 43.5 Å². The maximum Gasteiger partial charge on any atom is 0.251 e. The third-order valence-electron chi connectivity index (χ3n) is 5.50. The first kappa shape index (κ1) is 25.5. The van der Waals surface area contributed by atoms with Crippen LogP contribution in [0.2, 0.25) is 0 Å². The Kier molecular flexibility index (Phi) is 7.59. The van der Waals surface area contributed by atoms with Crippen molar-refractivity contribution in [3.8, 4) is 11.3 Å². The highest BCUT2D eigenvalue weighted by molar-refractivity contribution is 7.90. The minimum absolute atomic E-state index is 0.196. The standard InChI is InChI=1S/C27H26N6O3S/c1-18(32-33-22-11-13-23(14-12-22)37(2,35)36)25-26(28)29-17-24(31-25)20-9-6-10-21(15-20)27(34)30-16-19-7-4-3-5-8-19/h3-15,17,33H,16H2,1-2H3,(H2,28,29)(H,30,34)/b32-18+. The average molecular weight is 515 g/mol. The van der Waals surface area contributed by atoms with Gasteiger partial charge in [-0.25, -0.2) is 18.4 Å². The molecule has 0 aliphatic heterocycles. The summed E-state index contributed by atoms with van der Waals surface area (Å²) in [6.45, 7) is 2.16. The quantitative estimate of drug-likeness (QED) is 0.239. The molecule has 0 bridgehead atoms. The van der Waals surface area contributed by atoms with Gasteiger partial charge in [0.05, 0.1) is 28.2 Å². The van der Waals surface area contributed by atoms with Gasteiger partial charge in [0.2, 0.25) is 0 Å². The maximum absolute atomic E-state index is 12.7. The molecule has 10 heteroatoms. The highest BCUT2D eigenvalue weighted by atomic mass is 32.2. The molecule has 4 N–H and O–H groups in total. The summed E-state index contributed by atoms with van der Waals surface area (Å²) in [5.41, 5.74) is 13.2. The highest BCUT2D eigenvalue weighted by Crippen LogP contribution is 2.21. The lowest BCUT2D eigenvalue weighted by Crippen LogP contribution is -2.22. The summed E-state index contributed by atoms with van der Waals surface area (Å²) in [4.78, 5) is 21.8. The summed E-state index contributed by atoms with van der Waals surface area (Å²) in [7, 11) is -3.28. The van der Waals surface area contributed by atoms with E-state index in [-0.39, 0.29) is 16.6 Å². The molecule has 0 aliphatic carbocycles. The van der Waals surface area contributed by atoms with Crippen LogP contribution in [0.25, 0.3) is 11.3 Å². The predicted molar refractivity (Wildman–Crippen MR) is 145 cm³/mol. The zero-order valence-corrected chi connectivity index (χ0v) is 21.2. The van der Waals surface area contributed by atoms with Gasteiger partial charge >= 0.3 is 0 Å². The second-order valence-corrected chi connectivity index (χ2v) is 10.4. The number of sulfone groups is 1. The van der Waals surface area contributed by atoms with Crippen LogP contribution in [0.5, 0.6) is 0 Å². The minimum atomic E-state index is -3.28. The number of hydrogen-bond acceptors (Lipinski definition) is 8. The van der Waals surface area contributed by atoms with Crippen molar-refractivity contribution in [2.24, 2.45) is 5.10 Å². The van der Waals surface area contributed by atoms with E-state index in [2.05, 4.69) is 25.8 Å². The van der Waals surface area contributed by atoms with Gasteiger partial charge in [0.25, 0.3) is 5.91 Å². The number of rotatable bonds is 8. The largest absolute Gasteiger partial charge is 0.382 e. The maximum atomic E-state index is 12.7. The summed E-state index contributed by atoms with van der Waals surface area (Å²) in [6, 6.07) is 23.0. The molecule has 0 aliphatic rings. The van der Waals surface area contributed by atoms with E-state index in [1.165, 1.54) is 12.1 Å². The second kappa shape index (κ2) is 11.0. The first-order valence-corrected chi connectivity index (χ1v) is 13.3. The van der Waals surface area contributed by atoms with E-state index in [4.69, 9.17) is 5.73 Å². The van der Waals surface area contributed by atoms with E-state index in [0.29, 0.717) is 40.5 Å². The Morgan fingerprint density at radius 1 is 1.00 bits per heavy atom.